The van der Waals surface area contributed by atoms with Gasteiger partial charge in [-0.3, -0.25) is 9.59 Å². The zero-order chi connectivity index (χ0) is 18.6. The van der Waals surface area contributed by atoms with E-state index in [-0.39, 0.29) is 23.7 Å². The minimum atomic E-state index is -0.632. The molecule has 1 aromatic rings. The zero-order valence-corrected chi connectivity index (χ0v) is 15.8. The van der Waals surface area contributed by atoms with Gasteiger partial charge >= 0.3 is 0 Å². The van der Waals surface area contributed by atoms with Crippen molar-refractivity contribution < 1.29 is 14.3 Å². The number of nitrogens with one attached hydrogen (secondary N) is 1. The van der Waals surface area contributed by atoms with Crippen molar-refractivity contribution in [2.45, 2.75) is 31.4 Å². The summed E-state index contributed by atoms with van der Waals surface area (Å²) in [6.45, 7) is 3.56. The second-order valence-corrected chi connectivity index (χ2v) is 8.65. The average molecular weight is 369 g/mol. The van der Waals surface area contributed by atoms with Gasteiger partial charge in [0.15, 0.2) is 5.72 Å². The van der Waals surface area contributed by atoms with Crippen molar-refractivity contribution in [3.63, 3.8) is 0 Å². The van der Waals surface area contributed by atoms with Gasteiger partial charge in [-0.25, -0.2) is 0 Å². The number of hydrogen-bond acceptors (Lipinski definition) is 4. The fourth-order valence-corrected chi connectivity index (χ4v) is 5.52. The lowest BCUT2D eigenvalue weighted by Gasteiger charge is -2.55. The molecule has 5 aliphatic rings. The number of rotatable bonds is 1. The Labute approximate surface area is 159 Å². The third kappa shape index (κ3) is 2.73. The van der Waals surface area contributed by atoms with E-state index in [4.69, 9.17) is 4.74 Å². The van der Waals surface area contributed by atoms with Crippen LogP contribution in [-0.4, -0.2) is 60.6 Å². The molecule has 0 unspecified atom stereocenters. The number of benzene rings is 1. The number of hydrogen-bond donors (Lipinski definition) is 1. The quantitative estimate of drug-likeness (QED) is 0.819. The standard InChI is InChI=1S/C21H27N3O3/c1-23-8-10-24(11-9-23)20(26)17-12-15-7-6-14(17)13-21(15)22-19(25)16-4-2-3-5-18(16)27-21/h2-5,14-15,17H,6-13H2,1H3,(H,22,25)/t14-,15+,17+,21+/m1/s1. The lowest BCUT2D eigenvalue weighted by atomic mass is 9.59. The number of ether oxygens (including phenoxy) is 1. The number of amides is 2. The Morgan fingerprint density at radius 1 is 1.19 bits per heavy atom. The molecule has 6 heteroatoms. The summed E-state index contributed by atoms with van der Waals surface area (Å²) in [5.74, 6) is 1.50. The van der Waals surface area contributed by atoms with Crippen molar-refractivity contribution in [1.29, 1.82) is 0 Å². The second-order valence-electron chi connectivity index (χ2n) is 8.65. The Bertz CT molecular complexity index is 774. The van der Waals surface area contributed by atoms with Crippen LogP contribution in [0.1, 0.15) is 36.0 Å². The van der Waals surface area contributed by atoms with Gasteiger partial charge < -0.3 is 19.9 Å². The van der Waals surface area contributed by atoms with Crippen molar-refractivity contribution in [3.05, 3.63) is 29.8 Å². The Balaban J connectivity index is 1.35. The molecule has 6 nitrogen and oxygen atoms in total. The van der Waals surface area contributed by atoms with Crippen molar-refractivity contribution in [2.24, 2.45) is 17.8 Å². The first-order chi connectivity index (χ1) is 13.1. The van der Waals surface area contributed by atoms with Crippen LogP contribution < -0.4 is 10.1 Å². The maximum Gasteiger partial charge on any atom is 0.258 e. The van der Waals surface area contributed by atoms with Gasteiger partial charge in [-0.2, -0.15) is 0 Å². The molecular weight excluding hydrogens is 342 g/mol. The number of fused-ring (bicyclic) bond motifs is 3. The Morgan fingerprint density at radius 3 is 2.70 bits per heavy atom. The number of nitrogens with zero attached hydrogens (tertiary/aromatic N) is 2. The maximum atomic E-state index is 13.2. The smallest absolute Gasteiger partial charge is 0.258 e. The molecule has 0 aromatic heterocycles. The highest BCUT2D eigenvalue weighted by molar-refractivity contribution is 5.98. The van der Waals surface area contributed by atoms with Gasteiger partial charge in [0.1, 0.15) is 5.75 Å². The van der Waals surface area contributed by atoms with E-state index in [1.165, 1.54) is 0 Å². The van der Waals surface area contributed by atoms with E-state index in [1.807, 2.05) is 23.1 Å². The summed E-state index contributed by atoms with van der Waals surface area (Å²) >= 11 is 0. The van der Waals surface area contributed by atoms with Crippen molar-refractivity contribution in [1.82, 2.24) is 15.1 Å². The molecule has 3 aliphatic carbocycles. The van der Waals surface area contributed by atoms with Crippen LogP contribution in [0.15, 0.2) is 24.3 Å². The molecular formula is C21H27N3O3. The molecule has 3 saturated carbocycles. The van der Waals surface area contributed by atoms with Crippen LogP contribution in [-0.2, 0) is 4.79 Å². The van der Waals surface area contributed by atoms with E-state index in [0.29, 0.717) is 17.2 Å². The van der Waals surface area contributed by atoms with Gasteiger partial charge in [-0.1, -0.05) is 12.1 Å². The topological polar surface area (TPSA) is 61.9 Å². The third-order valence-corrected chi connectivity index (χ3v) is 7.10. The number of likely N-dealkylation sites (N-methyl/N-ethyl adjacent to an activating group) is 1. The minimum absolute atomic E-state index is 0.0497. The normalized spacial score (nSPS) is 35.5. The molecule has 4 atom stereocenters. The largest absolute Gasteiger partial charge is 0.467 e. The minimum Gasteiger partial charge on any atom is -0.467 e. The predicted molar refractivity (Wildman–Crippen MR) is 100 cm³/mol. The lowest BCUT2D eigenvalue weighted by molar-refractivity contribution is -0.156. The van der Waals surface area contributed by atoms with Gasteiger partial charge in [0.25, 0.3) is 5.91 Å². The predicted octanol–water partition coefficient (Wildman–Crippen LogP) is 1.72. The molecule has 2 heterocycles. The Hall–Kier alpha value is -2.08. The van der Waals surface area contributed by atoms with Crippen molar-refractivity contribution in [2.75, 3.05) is 33.2 Å². The van der Waals surface area contributed by atoms with Crippen LogP contribution in [0.2, 0.25) is 0 Å². The first-order valence-electron chi connectivity index (χ1n) is 10.1. The summed E-state index contributed by atoms with van der Waals surface area (Å²) in [4.78, 5) is 30.1. The van der Waals surface area contributed by atoms with Gasteiger partial charge in [0, 0.05) is 44.4 Å². The molecule has 144 valence electrons. The Kier molecular flexibility index (Phi) is 3.93. The molecule has 2 amide bonds. The molecule has 27 heavy (non-hydrogen) atoms. The highest BCUT2D eigenvalue weighted by Gasteiger charge is 2.57. The lowest BCUT2D eigenvalue weighted by Crippen LogP contribution is -2.67. The highest BCUT2D eigenvalue weighted by Crippen LogP contribution is 2.52. The van der Waals surface area contributed by atoms with E-state index >= 15 is 0 Å². The van der Waals surface area contributed by atoms with Crippen LogP contribution >= 0.6 is 0 Å². The van der Waals surface area contributed by atoms with Crippen molar-refractivity contribution >= 4 is 11.8 Å². The van der Waals surface area contributed by atoms with Crippen molar-refractivity contribution in [3.8, 4) is 5.75 Å². The van der Waals surface area contributed by atoms with Crippen LogP contribution in [0.5, 0.6) is 5.75 Å². The van der Waals surface area contributed by atoms with Gasteiger partial charge in [-0.05, 0) is 44.4 Å². The molecule has 4 fully saturated rings. The summed E-state index contributed by atoms with van der Waals surface area (Å²) in [5, 5.41) is 3.17. The summed E-state index contributed by atoms with van der Waals surface area (Å²) < 4.78 is 6.39. The highest BCUT2D eigenvalue weighted by atomic mass is 16.5. The van der Waals surface area contributed by atoms with Crippen LogP contribution in [0.25, 0.3) is 0 Å². The van der Waals surface area contributed by atoms with Gasteiger partial charge in [-0.15, -0.1) is 0 Å². The fraction of sp³-hybridized carbons (Fsp3) is 0.619. The molecule has 6 rings (SSSR count). The SMILES string of the molecule is CN1CCN(C(=O)[C@H]2C[C@@H]3CC[C@@H]2C[C@@]32NC(=O)c3ccccc3O2)CC1. The maximum absolute atomic E-state index is 13.2. The summed E-state index contributed by atoms with van der Waals surface area (Å²) in [6.07, 6.45) is 3.62. The molecule has 2 aliphatic heterocycles. The molecule has 1 spiro atoms. The van der Waals surface area contributed by atoms with Crippen LogP contribution in [0.4, 0.5) is 0 Å². The number of para-hydroxylation sites is 1. The first kappa shape index (κ1) is 17.0. The number of carbonyl (C=O) groups excluding carboxylic acids is 2. The monoisotopic (exact) mass is 369 g/mol. The summed E-state index contributed by atoms with van der Waals surface area (Å²) in [5.41, 5.74) is -0.0256. The third-order valence-electron chi connectivity index (χ3n) is 7.10. The van der Waals surface area contributed by atoms with E-state index < -0.39 is 5.72 Å². The molecule has 0 radical (unpaired) electrons. The molecule has 1 saturated heterocycles. The van der Waals surface area contributed by atoms with Crippen LogP contribution in [0.3, 0.4) is 0 Å². The van der Waals surface area contributed by atoms with E-state index in [2.05, 4.69) is 17.3 Å². The van der Waals surface area contributed by atoms with E-state index in [1.54, 1.807) is 6.07 Å². The molecule has 1 N–H and O–H groups in total. The van der Waals surface area contributed by atoms with Gasteiger partial charge in [0.2, 0.25) is 5.91 Å². The van der Waals surface area contributed by atoms with E-state index in [0.717, 1.165) is 51.9 Å². The second kappa shape index (κ2) is 6.23. The van der Waals surface area contributed by atoms with Gasteiger partial charge in [0.05, 0.1) is 5.56 Å². The Morgan fingerprint density at radius 2 is 1.96 bits per heavy atom. The average Bonchev–Trinajstić information content (AvgIpc) is 2.68. The number of piperazine rings is 1. The molecule has 2 bridgehead atoms. The zero-order valence-electron chi connectivity index (χ0n) is 15.8. The summed E-state index contributed by atoms with van der Waals surface area (Å²) in [7, 11) is 2.11. The fourth-order valence-electron chi connectivity index (χ4n) is 5.52. The first-order valence-corrected chi connectivity index (χ1v) is 10.1. The summed E-state index contributed by atoms with van der Waals surface area (Å²) in [6, 6.07) is 7.45. The van der Waals surface area contributed by atoms with E-state index in [9.17, 15) is 9.59 Å². The van der Waals surface area contributed by atoms with Crippen LogP contribution in [0, 0.1) is 17.8 Å². The number of carbonyl (C=O) groups is 2. The molecule has 1 aromatic carbocycles.